The first-order valence-electron chi connectivity index (χ1n) is 5.05. The molecule has 1 N–H and O–H groups in total. The number of nitrogens with zero attached hydrogens (tertiary/aromatic N) is 1. The second kappa shape index (κ2) is 5.75. The number of hydrogen-bond acceptors (Lipinski definition) is 2. The summed E-state index contributed by atoms with van der Waals surface area (Å²) in [5.41, 5.74) is 2.22. The van der Waals surface area contributed by atoms with Gasteiger partial charge in [-0.1, -0.05) is 30.7 Å². The third kappa shape index (κ3) is 3.23. The van der Waals surface area contributed by atoms with E-state index >= 15 is 0 Å². The highest BCUT2D eigenvalue weighted by Crippen LogP contribution is 2.22. The van der Waals surface area contributed by atoms with Gasteiger partial charge < -0.3 is 0 Å². The summed E-state index contributed by atoms with van der Waals surface area (Å²) in [7, 11) is 0. The topological polar surface area (TPSA) is 35.8 Å². The Morgan fingerprint density at radius 3 is 2.80 bits per heavy atom. The third-order valence-electron chi connectivity index (χ3n) is 2.43. The summed E-state index contributed by atoms with van der Waals surface area (Å²) >= 11 is 6.06. The van der Waals surface area contributed by atoms with Crippen LogP contribution in [0.5, 0.6) is 0 Å². The molecule has 80 valence electrons. The van der Waals surface area contributed by atoms with Gasteiger partial charge in [-0.2, -0.15) is 5.26 Å². The Balaban J connectivity index is 2.83. The number of hydrogen-bond donors (Lipinski definition) is 1. The maximum Gasteiger partial charge on any atom is 0.0845 e. The molecule has 1 rings (SSSR count). The van der Waals surface area contributed by atoms with E-state index in [0.717, 1.165) is 22.6 Å². The van der Waals surface area contributed by atoms with Crippen molar-refractivity contribution in [2.45, 2.75) is 26.3 Å². The van der Waals surface area contributed by atoms with E-state index in [4.69, 9.17) is 16.9 Å². The average Bonchev–Trinajstić information content (AvgIpc) is 2.24. The van der Waals surface area contributed by atoms with Gasteiger partial charge >= 0.3 is 0 Å². The number of nitrogens with one attached hydrogen (secondary N) is 1. The van der Waals surface area contributed by atoms with Crippen LogP contribution >= 0.6 is 11.6 Å². The minimum atomic E-state index is 0.211. The maximum atomic E-state index is 8.52. The van der Waals surface area contributed by atoms with Gasteiger partial charge in [0.05, 0.1) is 12.6 Å². The van der Waals surface area contributed by atoms with Crippen molar-refractivity contribution in [3.63, 3.8) is 0 Å². The van der Waals surface area contributed by atoms with E-state index in [1.54, 1.807) is 0 Å². The predicted molar refractivity (Wildman–Crippen MR) is 62.8 cm³/mol. The zero-order valence-corrected chi connectivity index (χ0v) is 9.80. The van der Waals surface area contributed by atoms with Gasteiger partial charge in [0, 0.05) is 11.1 Å². The van der Waals surface area contributed by atoms with E-state index in [-0.39, 0.29) is 6.04 Å². The summed E-state index contributed by atoms with van der Waals surface area (Å²) in [6.07, 6.45) is 0.946. The molecule has 0 aliphatic rings. The van der Waals surface area contributed by atoms with Crippen LogP contribution in [0.15, 0.2) is 18.2 Å². The summed E-state index contributed by atoms with van der Waals surface area (Å²) in [4.78, 5) is 0. The maximum absolute atomic E-state index is 8.52. The van der Waals surface area contributed by atoms with Crippen molar-refractivity contribution < 1.29 is 0 Å². The lowest BCUT2D eigenvalue weighted by Crippen LogP contribution is -2.20. The van der Waals surface area contributed by atoms with Crippen molar-refractivity contribution in [3.05, 3.63) is 34.3 Å². The number of benzene rings is 1. The summed E-state index contributed by atoms with van der Waals surface area (Å²) in [5.74, 6) is 0. The monoisotopic (exact) mass is 222 g/mol. The fraction of sp³-hybridized carbons (Fsp3) is 0.417. The van der Waals surface area contributed by atoms with Gasteiger partial charge in [0.25, 0.3) is 0 Å². The van der Waals surface area contributed by atoms with Gasteiger partial charge in [-0.3, -0.25) is 5.32 Å². The minimum Gasteiger partial charge on any atom is -0.298 e. The van der Waals surface area contributed by atoms with E-state index < -0.39 is 0 Å². The zero-order chi connectivity index (χ0) is 11.3. The van der Waals surface area contributed by atoms with Crippen LogP contribution in [0.3, 0.4) is 0 Å². The van der Waals surface area contributed by atoms with Crippen molar-refractivity contribution in [3.8, 4) is 6.07 Å². The van der Waals surface area contributed by atoms with Crippen molar-refractivity contribution >= 4 is 11.6 Å². The molecule has 0 radical (unpaired) electrons. The molecule has 0 aromatic heterocycles. The first-order chi connectivity index (χ1) is 7.19. The van der Waals surface area contributed by atoms with Crippen LogP contribution in [-0.2, 0) is 0 Å². The molecule has 0 fully saturated rings. The highest BCUT2D eigenvalue weighted by atomic mass is 35.5. The molecule has 3 heteroatoms. The van der Waals surface area contributed by atoms with Gasteiger partial charge in [-0.05, 0) is 30.5 Å². The molecule has 0 saturated carbocycles. The fourth-order valence-corrected chi connectivity index (χ4v) is 1.68. The molecule has 0 saturated heterocycles. The summed E-state index contributed by atoms with van der Waals surface area (Å²) in [6.45, 7) is 4.43. The third-order valence-corrected chi connectivity index (χ3v) is 2.84. The summed E-state index contributed by atoms with van der Waals surface area (Å²) < 4.78 is 0. The average molecular weight is 223 g/mol. The van der Waals surface area contributed by atoms with Crippen LogP contribution in [0.25, 0.3) is 0 Å². The zero-order valence-electron chi connectivity index (χ0n) is 9.05. The number of nitriles is 1. The van der Waals surface area contributed by atoms with Gasteiger partial charge in [0.2, 0.25) is 0 Å². The highest BCUT2D eigenvalue weighted by molar-refractivity contribution is 6.31. The SMILES string of the molecule is CCC(NCC#N)c1ccc(C)c(Cl)c1. The van der Waals surface area contributed by atoms with Gasteiger partial charge in [-0.25, -0.2) is 0 Å². The molecule has 2 nitrogen and oxygen atoms in total. The molecule has 0 spiro atoms. The standard InChI is InChI=1S/C12H15ClN2/c1-3-12(15-7-6-14)10-5-4-9(2)11(13)8-10/h4-5,8,12,15H,3,7H2,1-2H3. The van der Waals surface area contributed by atoms with E-state index in [1.807, 2.05) is 19.1 Å². The Morgan fingerprint density at radius 1 is 1.53 bits per heavy atom. The number of halogens is 1. The lowest BCUT2D eigenvalue weighted by atomic mass is 10.0. The first-order valence-corrected chi connectivity index (χ1v) is 5.43. The Bertz CT molecular complexity index is 368. The molecule has 1 aromatic carbocycles. The van der Waals surface area contributed by atoms with Crippen LogP contribution in [0.2, 0.25) is 5.02 Å². The van der Waals surface area contributed by atoms with Crippen molar-refractivity contribution in [2.24, 2.45) is 0 Å². The smallest absolute Gasteiger partial charge is 0.0845 e. The van der Waals surface area contributed by atoms with E-state index in [1.165, 1.54) is 0 Å². The van der Waals surface area contributed by atoms with E-state index in [9.17, 15) is 0 Å². The second-order valence-corrected chi connectivity index (χ2v) is 3.92. The second-order valence-electron chi connectivity index (χ2n) is 3.51. The molecular weight excluding hydrogens is 208 g/mol. The van der Waals surface area contributed by atoms with Gasteiger partial charge in [-0.15, -0.1) is 0 Å². The van der Waals surface area contributed by atoms with Crippen molar-refractivity contribution in [1.29, 1.82) is 5.26 Å². The largest absolute Gasteiger partial charge is 0.298 e. The Labute approximate surface area is 95.9 Å². The molecule has 0 bridgehead atoms. The fourth-order valence-electron chi connectivity index (χ4n) is 1.49. The molecule has 15 heavy (non-hydrogen) atoms. The van der Waals surface area contributed by atoms with Crippen LogP contribution in [0.1, 0.15) is 30.5 Å². The minimum absolute atomic E-state index is 0.211. The van der Waals surface area contributed by atoms with Gasteiger partial charge in [0.15, 0.2) is 0 Å². The number of rotatable bonds is 4. The molecular formula is C12H15ClN2. The van der Waals surface area contributed by atoms with E-state index in [2.05, 4.69) is 24.4 Å². The Kier molecular flexibility index (Phi) is 4.61. The van der Waals surface area contributed by atoms with Crippen LogP contribution < -0.4 is 5.32 Å². The van der Waals surface area contributed by atoms with E-state index in [0.29, 0.717) is 6.54 Å². The van der Waals surface area contributed by atoms with Crippen LogP contribution in [-0.4, -0.2) is 6.54 Å². The molecule has 0 amide bonds. The van der Waals surface area contributed by atoms with Crippen LogP contribution in [0, 0.1) is 18.3 Å². The highest BCUT2D eigenvalue weighted by Gasteiger charge is 2.09. The quantitative estimate of drug-likeness (QED) is 0.795. The molecule has 0 aliphatic heterocycles. The Morgan fingerprint density at radius 2 is 2.27 bits per heavy atom. The van der Waals surface area contributed by atoms with Crippen molar-refractivity contribution in [1.82, 2.24) is 5.32 Å². The summed E-state index contributed by atoms with van der Waals surface area (Å²) in [6, 6.07) is 8.33. The lowest BCUT2D eigenvalue weighted by molar-refractivity contribution is 0.554. The molecule has 1 unspecified atom stereocenters. The summed E-state index contributed by atoms with van der Waals surface area (Å²) in [5, 5.41) is 12.5. The first kappa shape index (κ1) is 12.0. The number of aryl methyl sites for hydroxylation is 1. The normalized spacial score (nSPS) is 12.1. The van der Waals surface area contributed by atoms with Gasteiger partial charge in [0.1, 0.15) is 0 Å². The Hall–Kier alpha value is -1.04. The molecule has 0 heterocycles. The lowest BCUT2D eigenvalue weighted by Gasteiger charge is -2.16. The molecule has 1 atom stereocenters. The molecule has 0 aliphatic carbocycles. The molecule has 1 aromatic rings. The predicted octanol–water partition coefficient (Wildman–Crippen LogP) is 3.21. The van der Waals surface area contributed by atoms with Crippen LogP contribution in [0.4, 0.5) is 0 Å². The van der Waals surface area contributed by atoms with Crippen molar-refractivity contribution in [2.75, 3.05) is 6.54 Å².